The molecular formula is C6H16INSi. The Balaban J connectivity index is 3.18. The van der Waals surface area contributed by atoms with Crippen LogP contribution >= 0.6 is 21.8 Å². The van der Waals surface area contributed by atoms with Crippen molar-refractivity contribution in [3.63, 3.8) is 0 Å². The molecule has 0 rings (SSSR count). The minimum absolute atomic E-state index is 0.109. The Morgan fingerprint density at radius 2 is 1.67 bits per heavy atom. The zero-order valence-corrected chi connectivity index (χ0v) is 9.93. The van der Waals surface area contributed by atoms with E-state index in [-0.39, 0.29) is 7.18 Å². The molecule has 0 saturated heterocycles. The Morgan fingerprint density at radius 1 is 1.22 bits per heavy atom. The molecule has 0 bridgehead atoms. The Labute approximate surface area is 73.3 Å². The second-order valence-corrected chi connectivity index (χ2v) is 5.42. The van der Waals surface area contributed by atoms with Gasteiger partial charge in [0.25, 0.3) is 0 Å². The summed E-state index contributed by atoms with van der Waals surface area (Å²) >= 11 is 2.56. The number of rotatable bonds is 5. The first-order valence-electron chi connectivity index (χ1n) is 3.63. The summed E-state index contributed by atoms with van der Waals surface area (Å²) < 4.78 is 2.61. The van der Waals surface area contributed by atoms with Gasteiger partial charge in [0.15, 0.2) is 7.18 Å². The van der Waals surface area contributed by atoms with Gasteiger partial charge in [0.1, 0.15) is 0 Å². The summed E-state index contributed by atoms with van der Waals surface area (Å²) in [6.45, 7) is 7.15. The first-order chi connectivity index (χ1) is 4.35. The quantitative estimate of drug-likeness (QED) is 0.410. The van der Waals surface area contributed by atoms with E-state index in [1.165, 1.54) is 25.9 Å². The van der Waals surface area contributed by atoms with Gasteiger partial charge in [-0.25, -0.2) is 0 Å². The van der Waals surface area contributed by atoms with Gasteiger partial charge in [-0.15, -0.1) is 21.8 Å². The molecule has 0 heterocycles. The Hall–Kier alpha value is 0.907. The van der Waals surface area contributed by atoms with Gasteiger partial charge in [0.2, 0.25) is 0 Å². The largest absolute Gasteiger partial charge is 0.321 e. The Kier molecular flexibility index (Phi) is 7.73. The van der Waals surface area contributed by atoms with Gasteiger partial charge < -0.3 is 4.57 Å². The molecule has 0 aliphatic carbocycles. The van der Waals surface area contributed by atoms with E-state index >= 15 is 0 Å². The molecule has 0 spiro atoms. The van der Waals surface area contributed by atoms with Gasteiger partial charge in [-0.1, -0.05) is 13.8 Å². The minimum Gasteiger partial charge on any atom is -0.321 e. The minimum atomic E-state index is 0.109. The van der Waals surface area contributed by atoms with E-state index in [9.17, 15) is 0 Å². The van der Waals surface area contributed by atoms with E-state index in [1.807, 2.05) is 0 Å². The summed E-state index contributed by atoms with van der Waals surface area (Å²) in [5.74, 6) is 0. The lowest BCUT2D eigenvalue weighted by atomic mass is 10.4. The van der Waals surface area contributed by atoms with Crippen LogP contribution in [0.3, 0.4) is 0 Å². The van der Waals surface area contributed by atoms with E-state index in [2.05, 4.69) is 40.2 Å². The first-order valence-corrected chi connectivity index (χ1v) is 9.37. The van der Waals surface area contributed by atoms with Crippen LogP contribution in [0.15, 0.2) is 0 Å². The second-order valence-electron chi connectivity index (χ2n) is 2.24. The average molecular weight is 257 g/mol. The molecule has 0 N–H and O–H groups in total. The normalized spacial score (nSPS) is 12.0. The zero-order valence-electron chi connectivity index (χ0n) is 6.36. The van der Waals surface area contributed by atoms with Crippen molar-refractivity contribution in [3.05, 3.63) is 0 Å². The molecule has 56 valence electrons. The van der Waals surface area contributed by atoms with Crippen molar-refractivity contribution in [2.45, 2.75) is 26.7 Å². The fourth-order valence-corrected chi connectivity index (χ4v) is 3.78. The zero-order chi connectivity index (χ0) is 7.11. The fourth-order valence-electron chi connectivity index (χ4n) is 0.864. The monoisotopic (exact) mass is 257 g/mol. The number of hydrogen-bond acceptors (Lipinski definition) is 1. The van der Waals surface area contributed by atoms with Gasteiger partial charge in [-0.3, -0.25) is 0 Å². The molecule has 0 aromatic rings. The number of halogens is 1. The second kappa shape index (κ2) is 7.02. The summed E-state index contributed by atoms with van der Waals surface area (Å²) in [5.41, 5.74) is 0. The molecule has 0 saturated carbocycles. The maximum absolute atomic E-state index is 2.61. The van der Waals surface area contributed by atoms with Crippen molar-refractivity contribution >= 4 is 29.0 Å². The highest BCUT2D eigenvalue weighted by Crippen LogP contribution is 1.94. The van der Waals surface area contributed by atoms with Crippen molar-refractivity contribution in [1.29, 1.82) is 0 Å². The summed E-state index contributed by atoms with van der Waals surface area (Å²) in [6, 6.07) is 0. The molecule has 1 nitrogen and oxygen atoms in total. The van der Waals surface area contributed by atoms with Crippen LogP contribution in [0.25, 0.3) is 0 Å². The summed E-state index contributed by atoms with van der Waals surface area (Å²) in [6.07, 6.45) is 2.63. The highest BCUT2D eigenvalue weighted by Gasteiger charge is 1.97. The maximum atomic E-state index is 2.61. The summed E-state index contributed by atoms with van der Waals surface area (Å²) in [4.78, 5) is 0. The number of nitrogens with zero attached hydrogens (tertiary/aromatic N) is 1. The van der Waals surface area contributed by atoms with E-state index < -0.39 is 0 Å². The van der Waals surface area contributed by atoms with Gasteiger partial charge in [0, 0.05) is 0 Å². The van der Waals surface area contributed by atoms with Gasteiger partial charge >= 0.3 is 0 Å². The fraction of sp³-hybridized carbons (Fsp3) is 1.00. The van der Waals surface area contributed by atoms with E-state index in [0.717, 1.165) is 0 Å². The van der Waals surface area contributed by atoms with Gasteiger partial charge in [-0.2, -0.15) is 0 Å². The molecule has 0 atom stereocenters. The lowest BCUT2D eigenvalue weighted by molar-refractivity contribution is 0.449. The summed E-state index contributed by atoms with van der Waals surface area (Å²) in [5, 5.41) is 0. The topological polar surface area (TPSA) is 3.24 Å². The van der Waals surface area contributed by atoms with Crippen LogP contribution in [0.5, 0.6) is 0 Å². The Bertz CT molecular complexity index is 55.0. The van der Waals surface area contributed by atoms with Crippen molar-refractivity contribution in [3.8, 4) is 0 Å². The van der Waals surface area contributed by atoms with E-state index in [1.54, 1.807) is 0 Å². The predicted octanol–water partition coefficient (Wildman–Crippen LogP) is 1.54. The van der Waals surface area contributed by atoms with Crippen LogP contribution in [0, 0.1) is 0 Å². The SMILES string of the molecule is CCCN(CCC)[SiH2]I. The lowest BCUT2D eigenvalue weighted by Gasteiger charge is -2.16. The molecule has 0 amide bonds. The maximum Gasteiger partial charge on any atom is 0.166 e. The predicted molar refractivity (Wildman–Crippen MR) is 54.7 cm³/mol. The van der Waals surface area contributed by atoms with Crippen LogP contribution < -0.4 is 0 Å². The molecule has 0 aromatic carbocycles. The molecule has 0 fully saturated rings. The lowest BCUT2D eigenvalue weighted by Crippen LogP contribution is -2.25. The third kappa shape index (κ3) is 5.36. The molecule has 9 heavy (non-hydrogen) atoms. The molecular weight excluding hydrogens is 241 g/mol. The molecule has 0 aliphatic rings. The van der Waals surface area contributed by atoms with Crippen molar-refractivity contribution in [2.75, 3.05) is 13.1 Å². The van der Waals surface area contributed by atoms with Crippen molar-refractivity contribution in [2.24, 2.45) is 0 Å². The number of hydrogen-bond donors (Lipinski definition) is 0. The van der Waals surface area contributed by atoms with Gasteiger partial charge in [0.05, 0.1) is 0 Å². The highest BCUT2D eigenvalue weighted by atomic mass is 127. The molecule has 0 unspecified atom stereocenters. The molecule has 0 radical (unpaired) electrons. The van der Waals surface area contributed by atoms with Crippen molar-refractivity contribution in [1.82, 2.24) is 4.57 Å². The Morgan fingerprint density at radius 3 is 1.89 bits per heavy atom. The standard InChI is InChI=1S/C6H16INSi/c1-3-5-8(9-7)6-4-2/h3-6,9H2,1-2H3. The smallest absolute Gasteiger partial charge is 0.166 e. The molecule has 3 heteroatoms. The van der Waals surface area contributed by atoms with E-state index in [0.29, 0.717) is 0 Å². The highest BCUT2D eigenvalue weighted by molar-refractivity contribution is 14.1. The van der Waals surface area contributed by atoms with Crippen molar-refractivity contribution < 1.29 is 0 Å². The van der Waals surface area contributed by atoms with Crippen LogP contribution in [-0.4, -0.2) is 24.8 Å². The summed E-state index contributed by atoms with van der Waals surface area (Å²) in [7, 11) is 0.109. The van der Waals surface area contributed by atoms with Crippen LogP contribution in [0.1, 0.15) is 26.7 Å². The molecule has 0 aromatic heterocycles. The van der Waals surface area contributed by atoms with Gasteiger partial charge in [-0.05, 0) is 25.9 Å². The first kappa shape index (κ1) is 9.91. The van der Waals surface area contributed by atoms with Crippen LogP contribution in [-0.2, 0) is 0 Å². The van der Waals surface area contributed by atoms with E-state index in [4.69, 9.17) is 0 Å². The molecule has 0 aliphatic heterocycles. The average Bonchev–Trinajstić information content (AvgIpc) is 1.88. The van der Waals surface area contributed by atoms with Crippen LogP contribution in [0.4, 0.5) is 0 Å². The third-order valence-electron chi connectivity index (χ3n) is 1.25. The third-order valence-corrected chi connectivity index (χ3v) is 5.11. The van der Waals surface area contributed by atoms with Crippen LogP contribution in [0.2, 0.25) is 0 Å².